The van der Waals surface area contributed by atoms with Crippen LogP contribution in [0.5, 0.6) is 0 Å². The van der Waals surface area contributed by atoms with Gasteiger partial charge in [0.25, 0.3) is 0 Å². The standard InChI is InChI=1S/C8H9ClN2O/c9-3-1-2-8(12)7-6-10-4-5-11-7/h4-6H,1-3H2. The van der Waals surface area contributed by atoms with Crippen molar-refractivity contribution in [1.29, 1.82) is 0 Å². The lowest BCUT2D eigenvalue weighted by atomic mass is 10.2. The molecule has 0 aliphatic carbocycles. The molecule has 0 atom stereocenters. The maximum atomic E-state index is 11.2. The first kappa shape index (κ1) is 9.13. The van der Waals surface area contributed by atoms with Crippen LogP contribution in [-0.4, -0.2) is 21.6 Å². The van der Waals surface area contributed by atoms with Crippen molar-refractivity contribution in [3.8, 4) is 0 Å². The minimum Gasteiger partial charge on any atom is -0.292 e. The van der Waals surface area contributed by atoms with Crippen LogP contribution in [0.25, 0.3) is 0 Å². The summed E-state index contributed by atoms with van der Waals surface area (Å²) in [6, 6.07) is 0. The Labute approximate surface area is 75.8 Å². The SMILES string of the molecule is O=C(CCCCl)c1cnccn1. The third-order valence-electron chi connectivity index (χ3n) is 1.39. The highest BCUT2D eigenvalue weighted by atomic mass is 35.5. The molecule has 4 heteroatoms. The zero-order valence-electron chi connectivity index (χ0n) is 6.53. The molecule has 0 aromatic carbocycles. The monoisotopic (exact) mass is 184 g/mol. The lowest BCUT2D eigenvalue weighted by Gasteiger charge is -1.95. The second kappa shape index (κ2) is 4.83. The van der Waals surface area contributed by atoms with Gasteiger partial charge >= 0.3 is 0 Å². The molecule has 64 valence electrons. The van der Waals surface area contributed by atoms with E-state index in [0.717, 1.165) is 0 Å². The van der Waals surface area contributed by atoms with Crippen LogP contribution >= 0.6 is 11.6 Å². The molecule has 1 heterocycles. The molecule has 0 saturated carbocycles. The predicted octanol–water partition coefficient (Wildman–Crippen LogP) is 1.68. The molecule has 1 rings (SSSR count). The Morgan fingerprint density at radius 3 is 2.92 bits per heavy atom. The summed E-state index contributed by atoms with van der Waals surface area (Å²) in [5.74, 6) is 0.509. The topological polar surface area (TPSA) is 42.9 Å². The van der Waals surface area contributed by atoms with E-state index in [0.29, 0.717) is 24.4 Å². The fraction of sp³-hybridized carbons (Fsp3) is 0.375. The number of hydrogen-bond donors (Lipinski definition) is 0. The Kier molecular flexibility index (Phi) is 3.67. The first-order chi connectivity index (χ1) is 5.84. The summed E-state index contributed by atoms with van der Waals surface area (Å²) < 4.78 is 0. The van der Waals surface area contributed by atoms with E-state index in [1.165, 1.54) is 12.4 Å². The smallest absolute Gasteiger partial charge is 0.182 e. The van der Waals surface area contributed by atoms with Gasteiger partial charge in [-0.15, -0.1) is 11.6 Å². The molecule has 0 aliphatic rings. The lowest BCUT2D eigenvalue weighted by Crippen LogP contribution is -2.02. The number of nitrogens with zero attached hydrogens (tertiary/aromatic N) is 2. The van der Waals surface area contributed by atoms with Gasteiger partial charge in [0, 0.05) is 24.7 Å². The van der Waals surface area contributed by atoms with Gasteiger partial charge in [-0.2, -0.15) is 0 Å². The largest absolute Gasteiger partial charge is 0.292 e. The van der Waals surface area contributed by atoms with Gasteiger partial charge in [-0.3, -0.25) is 9.78 Å². The first-order valence-corrected chi connectivity index (χ1v) is 4.23. The van der Waals surface area contributed by atoms with Crippen molar-refractivity contribution >= 4 is 17.4 Å². The number of rotatable bonds is 4. The number of hydrogen-bond acceptors (Lipinski definition) is 3. The van der Waals surface area contributed by atoms with Crippen molar-refractivity contribution in [3.63, 3.8) is 0 Å². The number of carbonyl (C=O) groups is 1. The zero-order chi connectivity index (χ0) is 8.81. The van der Waals surface area contributed by atoms with Crippen molar-refractivity contribution in [2.45, 2.75) is 12.8 Å². The highest BCUT2D eigenvalue weighted by Crippen LogP contribution is 2.00. The Bertz CT molecular complexity index is 250. The number of halogens is 1. The van der Waals surface area contributed by atoms with Crippen molar-refractivity contribution in [2.24, 2.45) is 0 Å². The molecule has 1 aromatic rings. The Morgan fingerprint density at radius 1 is 1.50 bits per heavy atom. The van der Waals surface area contributed by atoms with E-state index >= 15 is 0 Å². The van der Waals surface area contributed by atoms with Gasteiger partial charge in [-0.05, 0) is 6.42 Å². The quantitative estimate of drug-likeness (QED) is 0.528. The van der Waals surface area contributed by atoms with Crippen LogP contribution in [0.1, 0.15) is 23.3 Å². The molecule has 0 bridgehead atoms. The molecule has 0 amide bonds. The van der Waals surface area contributed by atoms with Crippen LogP contribution in [0.2, 0.25) is 0 Å². The van der Waals surface area contributed by atoms with Crippen LogP contribution in [0.4, 0.5) is 0 Å². The second-order valence-electron chi connectivity index (χ2n) is 2.31. The first-order valence-electron chi connectivity index (χ1n) is 3.70. The average molecular weight is 185 g/mol. The predicted molar refractivity (Wildman–Crippen MR) is 46.3 cm³/mol. The van der Waals surface area contributed by atoms with Gasteiger partial charge in [0.1, 0.15) is 5.69 Å². The van der Waals surface area contributed by atoms with Crippen molar-refractivity contribution in [1.82, 2.24) is 9.97 Å². The third-order valence-corrected chi connectivity index (χ3v) is 1.65. The third kappa shape index (κ3) is 2.58. The van der Waals surface area contributed by atoms with E-state index in [1.54, 1.807) is 6.20 Å². The van der Waals surface area contributed by atoms with Gasteiger partial charge in [0.15, 0.2) is 5.78 Å². The van der Waals surface area contributed by atoms with E-state index < -0.39 is 0 Å². The Balaban J connectivity index is 2.54. The van der Waals surface area contributed by atoms with Crippen molar-refractivity contribution in [2.75, 3.05) is 5.88 Å². The van der Waals surface area contributed by atoms with E-state index in [4.69, 9.17) is 11.6 Å². The molecule has 0 spiro atoms. The van der Waals surface area contributed by atoms with Crippen molar-refractivity contribution < 1.29 is 4.79 Å². The molecule has 1 aromatic heterocycles. The van der Waals surface area contributed by atoms with E-state index in [-0.39, 0.29) is 5.78 Å². The van der Waals surface area contributed by atoms with E-state index in [2.05, 4.69) is 9.97 Å². The minimum atomic E-state index is 0.00347. The summed E-state index contributed by atoms with van der Waals surface area (Å²) >= 11 is 5.44. The molecule has 0 aliphatic heterocycles. The van der Waals surface area contributed by atoms with E-state index in [1.807, 2.05) is 0 Å². The fourth-order valence-corrected chi connectivity index (χ4v) is 0.932. The molecule has 12 heavy (non-hydrogen) atoms. The molecule has 3 nitrogen and oxygen atoms in total. The van der Waals surface area contributed by atoms with Crippen LogP contribution in [0.15, 0.2) is 18.6 Å². The van der Waals surface area contributed by atoms with Gasteiger partial charge in [0.2, 0.25) is 0 Å². The summed E-state index contributed by atoms with van der Waals surface area (Å²) in [6.45, 7) is 0. The summed E-state index contributed by atoms with van der Waals surface area (Å²) in [5.41, 5.74) is 0.419. The number of Topliss-reactive ketones (excluding diaryl/α,β-unsaturated/α-hetero) is 1. The van der Waals surface area contributed by atoms with Crippen LogP contribution in [0, 0.1) is 0 Å². The summed E-state index contributed by atoms with van der Waals surface area (Å²) in [5, 5.41) is 0. The molecule has 0 unspecified atom stereocenters. The average Bonchev–Trinajstić information content (AvgIpc) is 2.15. The maximum absolute atomic E-state index is 11.2. The number of alkyl halides is 1. The van der Waals surface area contributed by atoms with Gasteiger partial charge in [-0.25, -0.2) is 4.98 Å². The fourth-order valence-electron chi connectivity index (χ4n) is 0.799. The summed E-state index contributed by atoms with van der Waals surface area (Å²) in [7, 11) is 0. The lowest BCUT2D eigenvalue weighted by molar-refractivity contribution is 0.0976. The maximum Gasteiger partial charge on any atom is 0.182 e. The van der Waals surface area contributed by atoms with Gasteiger partial charge in [-0.1, -0.05) is 0 Å². The molecular weight excluding hydrogens is 176 g/mol. The minimum absolute atomic E-state index is 0.00347. The van der Waals surface area contributed by atoms with Gasteiger partial charge in [0.05, 0.1) is 6.20 Å². The molecule has 0 fully saturated rings. The second-order valence-corrected chi connectivity index (χ2v) is 2.68. The number of ketones is 1. The molecule has 0 radical (unpaired) electrons. The summed E-state index contributed by atoms with van der Waals surface area (Å²) in [6.07, 6.45) is 5.65. The van der Waals surface area contributed by atoms with Gasteiger partial charge < -0.3 is 0 Å². The van der Waals surface area contributed by atoms with Crippen LogP contribution in [0.3, 0.4) is 0 Å². The van der Waals surface area contributed by atoms with Crippen LogP contribution in [-0.2, 0) is 0 Å². The summed E-state index contributed by atoms with van der Waals surface area (Å²) in [4.78, 5) is 18.9. The molecular formula is C8H9ClN2O. The highest BCUT2D eigenvalue weighted by Gasteiger charge is 2.05. The Hall–Kier alpha value is -0.960. The molecule has 0 N–H and O–H groups in total. The molecule has 0 saturated heterocycles. The number of carbonyl (C=O) groups excluding carboxylic acids is 1. The van der Waals surface area contributed by atoms with Crippen molar-refractivity contribution in [3.05, 3.63) is 24.3 Å². The highest BCUT2D eigenvalue weighted by molar-refractivity contribution is 6.18. The zero-order valence-corrected chi connectivity index (χ0v) is 7.29. The van der Waals surface area contributed by atoms with E-state index in [9.17, 15) is 4.79 Å². The Morgan fingerprint density at radius 2 is 2.33 bits per heavy atom. The normalized spacial score (nSPS) is 9.75. The van der Waals surface area contributed by atoms with Crippen LogP contribution < -0.4 is 0 Å². The number of aromatic nitrogens is 2.